The van der Waals surface area contributed by atoms with E-state index in [4.69, 9.17) is 0 Å². The van der Waals surface area contributed by atoms with Crippen LogP contribution in [0.25, 0.3) is 0 Å². The molecule has 0 radical (unpaired) electrons. The summed E-state index contributed by atoms with van der Waals surface area (Å²) in [4.78, 5) is 22.7. The van der Waals surface area contributed by atoms with E-state index < -0.39 is 11.9 Å². The molecule has 0 atom stereocenters. The number of imide groups is 1. The second-order valence-electron chi connectivity index (χ2n) is 3.38. The first-order valence-corrected chi connectivity index (χ1v) is 4.46. The maximum atomic E-state index is 11.5. The molecule has 0 fully saturated rings. The summed E-state index contributed by atoms with van der Waals surface area (Å²) in [5.74, 6) is -0.493. The van der Waals surface area contributed by atoms with Crippen LogP contribution in [0.15, 0.2) is 18.2 Å². The molecule has 0 bridgehead atoms. The Morgan fingerprint density at radius 2 is 2.07 bits per heavy atom. The molecular weight excluding hydrogens is 194 g/mol. The Balaban J connectivity index is 2.82. The van der Waals surface area contributed by atoms with Gasteiger partial charge >= 0.3 is 6.03 Å². The lowest BCUT2D eigenvalue weighted by Gasteiger charge is -2.04. The van der Waals surface area contributed by atoms with Crippen LogP contribution in [0.4, 0.5) is 4.79 Å². The van der Waals surface area contributed by atoms with E-state index in [2.05, 4.69) is 17.0 Å². The van der Waals surface area contributed by atoms with Gasteiger partial charge in [-0.3, -0.25) is 10.1 Å². The molecule has 0 spiro atoms. The Bertz CT molecular complexity index is 432. The zero-order valence-corrected chi connectivity index (χ0v) is 9.00. The van der Waals surface area contributed by atoms with Crippen molar-refractivity contribution in [3.8, 4) is 0 Å². The summed E-state index contributed by atoms with van der Waals surface area (Å²) in [7, 11) is 0. The third-order valence-electron chi connectivity index (χ3n) is 1.81. The quantitative estimate of drug-likeness (QED) is 0.703. The Morgan fingerprint density at radius 1 is 1.47 bits per heavy atom. The molecule has 0 aliphatic heterocycles. The molecule has 5 nitrogen and oxygen atoms in total. The molecule has 0 aliphatic carbocycles. The zero-order valence-electron chi connectivity index (χ0n) is 9.00. The van der Waals surface area contributed by atoms with E-state index in [1.54, 1.807) is 19.9 Å². The third-order valence-corrected chi connectivity index (χ3v) is 1.81. The summed E-state index contributed by atoms with van der Waals surface area (Å²) < 4.78 is 1.15. The van der Waals surface area contributed by atoms with Gasteiger partial charge in [0.25, 0.3) is 5.91 Å². The van der Waals surface area contributed by atoms with E-state index in [0.717, 1.165) is 10.4 Å². The number of nitrogens with zero attached hydrogens (tertiary/aromatic N) is 2. The van der Waals surface area contributed by atoms with Crippen LogP contribution in [0.3, 0.4) is 0 Å². The Kier molecular flexibility index (Phi) is 3.04. The number of nitrogens with one attached hydrogen (secondary N) is 1. The van der Waals surface area contributed by atoms with Crippen LogP contribution < -0.4 is 5.32 Å². The maximum absolute atomic E-state index is 11.5. The second-order valence-corrected chi connectivity index (χ2v) is 3.38. The topological polar surface area (TPSA) is 64.0 Å². The third kappa shape index (κ3) is 2.52. The van der Waals surface area contributed by atoms with E-state index >= 15 is 0 Å². The monoisotopic (exact) mass is 207 g/mol. The highest BCUT2D eigenvalue weighted by Gasteiger charge is 2.13. The van der Waals surface area contributed by atoms with Gasteiger partial charge in [-0.25, -0.2) is 4.79 Å². The second kappa shape index (κ2) is 4.08. The van der Waals surface area contributed by atoms with E-state index in [1.807, 2.05) is 0 Å². The molecule has 2 amide bonds. The van der Waals surface area contributed by atoms with Crippen LogP contribution in [0.2, 0.25) is 0 Å². The van der Waals surface area contributed by atoms with Crippen molar-refractivity contribution in [2.75, 3.05) is 0 Å². The number of aromatic nitrogens is 2. The summed E-state index contributed by atoms with van der Waals surface area (Å²) in [6, 6.07) is 1.19. The predicted octanol–water partition coefficient (Wildman–Crippen LogP) is 1.16. The first kappa shape index (κ1) is 11.2. The van der Waals surface area contributed by atoms with Crippen molar-refractivity contribution in [3.05, 3.63) is 29.6 Å². The van der Waals surface area contributed by atoms with Crippen LogP contribution in [0.5, 0.6) is 0 Å². The molecule has 5 heteroatoms. The summed E-state index contributed by atoms with van der Waals surface area (Å²) in [6.07, 6.45) is 0. The van der Waals surface area contributed by atoms with Crippen molar-refractivity contribution in [3.63, 3.8) is 0 Å². The van der Waals surface area contributed by atoms with Crippen LogP contribution in [-0.4, -0.2) is 21.7 Å². The van der Waals surface area contributed by atoms with Gasteiger partial charge in [0.2, 0.25) is 0 Å². The highest BCUT2D eigenvalue weighted by Crippen LogP contribution is 2.01. The van der Waals surface area contributed by atoms with E-state index in [-0.39, 0.29) is 5.57 Å². The van der Waals surface area contributed by atoms with Crippen molar-refractivity contribution >= 4 is 11.9 Å². The van der Waals surface area contributed by atoms with Crippen LogP contribution in [0, 0.1) is 13.8 Å². The van der Waals surface area contributed by atoms with Crippen LogP contribution in [-0.2, 0) is 4.79 Å². The number of rotatable bonds is 1. The highest BCUT2D eigenvalue weighted by molar-refractivity contribution is 6.03. The molecule has 1 rings (SSSR count). The summed E-state index contributed by atoms with van der Waals surface area (Å²) in [6.45, 7) is 8.48. The average Bonchev–Trinajstić information content (AvgIpc) is 2.44. The largest absolute Gasteiger partial charge is 0.349 e. The van der Waals surface area contributed by atoms with Gasteiger partial charge in [-0.2, -0.15) is 9.78 Å². The molecule has 1 heterocycles. The number of amides is 2. The summed E-state index contributed by atoms with van der Waals surface area (Å²) in [5.41, 5.74) is 1.69. The normalized spacial score (nSPS) is 9.80. The first-order valence-electron chi connectivity index (χ1n) is 4.46. The number of hydrogen-bond acceptors (Lipinski definition) is 3. The van der Waals surface area contributed by atoms with Crippen molar-refractivity contribution < 1.29 is 9.59 Å². The summed E-state index contributed by atoms with van der Waals surface area (Å²) >= 11 is 0. The minimum atomic E-state index is -0.561. The molecule has 1 N–H and O–H groups in total. The van der Waals surface area contributed by atoms with Crippen LogP contribution in [0.1, 0.15) is 18.3 Å². The van der Waals surface area contributed by atoms with Gasteiger partial charge in [-0.15, -0.1) is 0 Å². The molecule has 15 heavy (non-hydrogen) atoms. The molecule has 1 aromatic heterocycles. The maximum Gasteiger partial charge on any atom is 0.349 e. The Hall–Kier alpha value is -1.91. The van der Waals surface area contributed by atoms with Gasteiger partial charge in [0.05, 0.1) is 5.69 Å². The van der Waals surface area contributed by atoms with Crippen molar-refractivity contribution in [1.29, 1.82) is 0 Å². The van der Waals surface area contributed by atoms with E-state index in [1.165, 1.54) is 6.92 Å². The van der Waals surface area contributed by atoms with E-state index in [0.29, 0.717) is 5.69 Å². The molecular formula is C10H13N3O2. The lowest BCUT2D eigenvalue weighted by atomic mass is 10.3. The van der Waals surface area contributed by atoms with Gasteiger partial charge in [0, 0.05) is 11.3 Å². The first-order chi connectivity index (χ1) is 6.91. The number of aryl methyl sites for hydroxylation is 2. The van der Waals surface area contributed by atoms with Crippen LogP contribution >= 0.6 is 0 Å². The van der Waals surface area contributed by atoms with Gasteiger partial charge in [0.15, 0.2) is 0 Å². The average molecular weight is 207 g/mol. The predicted molar refractivity (Wildman–Crippen MR) is 55.5 cm³/mol. The van der Waals surface area contributed by atoms with Crippen molar-refractivity contribution in [2.24, 2.45) is 0 Å². The molecule has 0 saturated carbocycles. The van der Waals surface area contributed by atoms with Gasteiger partial charge in [-0.05, 0) is 26.8 Å². The molecule has 0 aromatic carbocycles. The zero-order chi connectivity index (χ0) is 11.6. The highest BCUT2D eigenvalue weighted by atomic mass is 16.2. The van der Waals surface area contributed by atoms with Gasteiger partial charge < -0.3 is 0 Å². The van der Waals surface area contributed by atoms with E-state index in [9.17, 15) is 9.59 Å². The molecule has 0 aliphatic rings. The fourth-order valence-corrected chi connectivity index (χ4v) is 1.09. The molecule has 1 aromatic rings. The minimum Gasteiger partial charge on any atom is -0.272 e. The van der Waals surface area contributed by atoms with Crippen molar-refractivity contribution in [2.45, 2.75) is 20.8 Å². The fraction of sp³-hybridized carbons (Fsp3) is 0.300. The van der Waals surface area contributed by atoms with Gasteiger partial charge in [0.1, 0.15) is 0 Å². The van der Waals surface area contributed by atoms with Gasteiger partial charge in [-0.1, -0.05) is 6.58 Å². The smallest absolute Gasteiger partial charge is 0.272 e. The molecule has 0 unspecified atom stereocenters. The fourth-order valence-electron chi connectivity index (χ4n) is 1.09. The SMILES string of the molecule is C=C(C)C(=O)NC(=O)n1nc(C)cc1C. The van der Waals surface area contributed by atoms with Crippen molar-refractivity contribution in [1.82, 2.24) is 15.1 Å². The number of carbonyl (C=O) groups is 2. The minimum absolute atomic E-state index is 0.282. The molecule has 0 saturated heterocycles. The summed E-state index contributed by atoms with van der Waals surface area (Å²) in [5, 5.41) is 6.12. The number of hydrogen-bond donors (Lipinski definition) is 1. The lowest BCUT2D eigenvalue weighted by molar-refractivity contribution is -0.116. The Morgan fingerprint density at radius 3 is 2.47 bits per heavy atom. The Labute approximate surface area is 87.8 Å². The lowest BCUT2D eigenvalue weighted by Crippen LogP contribution is -2.35. The standard InChI is InChI=1S/C10H13N3O2/c1-6(2)9(14)11-10(15)13-8(4)5-7(3)12-13/h5H,1H2,2-4H3,(H,11,14,15). The number of carbonyl (C=O) groups excluding carboxylic acids is 2. The molecule has 80 valence electrons.